The van der Waals surface area contributed by atoms with E-state index in [1.165, 1.54) is 19.3 Å². The first kappa shape index (κ1) is 15.9. The molecule has 2 unspecified atom stereocenters. The third-order valence-corrected chi connectivity index (χ3v) is 4.40. The zero-order valence-electron chi connectivity index (χ0n) is 13.5. The number of aryl methyl sites for hydroxylation is 1. The van der Waals surface area contributed by atoms with Crippen molar-refractivity contribution >= 4 is 11.6 Å². The van der Waals surface area contributed by atoms with Crippen LogP contribution in [0.2, 0.25) is 0 Å². The summed E-state index contributed by atoms with van der Waals surface area (Å²) in [6.45, 7) is 8.23. The number of hydrogen-bond acceptors (Lipinski definition) is 2. The molecule has 1 aromatic rings. The molecule has 3 nitrogen and oxygen atoms in total. The lowest BCUT2D eigenvalue weighted by atomic mass is 10.0. The van der Waals surface area contributed by atoms with Gasteiger partial charge in [0.15, 0.2) is 0 Å². The summed E-state index contributed by atoms with van der Waals surface area (Å²) >= 11 is 0. The number of rotatable bonds is 6. The summed E-state index contributed by atoms with van der Waals surface area (Å²) < 4.78 is 0. The van der Waals surface area contributed by atoms with Gasteiger partial charge in [-0.25, -0.2) is 0 Å². The molecule has 0 aliphatic heterocycles. The van der Waals surface area contributed by atoms with Crippen molar-refractivity contribution in [3.8, 4) is 0 Å². The molecule has 21 heavy (non-hydrogen) atoms. The first-order chi connectivity index (χ1) is 10.1. The molecular formula is C18H28N2O. The van der Waals surface area contributed by atoms with Crippen LogP contribution in [0.5, 0.6) is 0 Å². The molecule has 0 saturated heterocycles. The van der Waals surface area contributed by atoms with Crippen molar-refractivity contribution in [2.24, 2.45) is 11.8 Å². The van der Waals surface area contributed by atoms with Gasteiger partial charge in [-0.05, 0) is 61.8 Å². The van der Waals surface area contributed by atoms with Crippen LogP contribution in [0.1, 0.15) is 55.5 Å². The summed E-state index contributed by atoms with van der Waals surface area (Å²) in [5.74, 6) is 1.54. The van der Waals surface area contributed by atoms with Gasteiger partial charge in [-0.3, -0.25) is 4.79 Å². The number of anilines is 1. The Morgan fingerprint density at radius 1 is 1.33 bits per heavy atom. The number of nitrogens with one attached hydrogen (secondary N) is 2. The van der Waals surface area contributed by atoms with Gasteiger partial charge in [0, 0.05) is 24.3 Å². The lowest BCUT2D eigenvalue weighted by molar-refractivity contribution is 0.0946. The van der Waals surface area contributed by atoms with Crippen molar-refractivity contribution in [1.82, 2.24) is 5.32 Å². The highest BCUT2D eigenvalue weighted by Crippen LogP contribution is 2.29. The van der Waals surface area contributed by atoms with E-state index in [9.17, 15) is 4.79 Å². The summed E-state index contributed by atoms with van der Waals surface area (Å²) in [5.41, 5.74) is 2.92. The number of carbonyl (C=O) groups excluding carboxylic acids is 1. The van der Waals surface area contributed by atoms with Crippen LogP contribution >= 0.6 is 0 Å². The predicted molar refractivity (Wildman–Crippen MR) is 88.8 cm³/mol. The third-order valence-electron chi connectivity index (χ3n) is 4.40. The van der Waals surface area contributed by atoms with Crippen molar-refractivity contribution in [3.63, 3.8) is 0 Å². The van der Waals surface area contributed by atoms with Crippen LogP contribution in [0.3, 0.4) is 0 Å². The Morgan fingerprint density at radius 3 is 2.76 bits per heavy atom. The van der Waals surface area contributed by atoms with E-state index in [0.29, 0.717) is 5.92 Å². The fourth-order valence-electron chi connectivity index (χ4n) is 3.14. The molecule has 1 aliphatic carbocycles. The summed E-state index contributed by atoms with van der Waals surface area (Å²) in [7, 11) is 0. The highest BCUT2D eigenvalue weighted by Gasteiger charge is 2.21. The average molecular weight is 288 g/mol. The molecule has 0 bridgehead atoms. The lowest BCUT2D eigenvalue weighted by Crippen LogP contribution is -2.29. The first-order valence-electron chi connectivity index (χ1n) is 8.22. The maximum atomic E-state index is 12.3. The van der Waals surface area contributed by atoms with Crippen molar-refractivity contribution in [2.75, 3.05) is 18.4 Å². The fraction of sp³-hybridized carbons (Fsp3) is 0.611. The van der Waals surface area contributed by atoms with Crippen molar-refractivity contribution < 1.29 is 4.79 Å². The molecule has 0 spiro atoms. The van der Waals surface area contributed by atoms with Crippen LogP contribution in [0, 0.1) is 18.8 Å². The van der Waals surface area contributed by atoms with Crippen LogP contribution in [-0.4, -0.2) is 19.0 Å². The van der Waals surface area contributed by atoms with Gasteiger partial charge in [0.05, 0.1) is 0 Å². The van der Waals surface area contributed by atoms with E-state index in [1.807, 2.05) is 19.1 Å². The van der Waals surface area contributed by atoms with E-state index in [2.05, 4.69) is 30.5 Å². The molecule has 0 heterocycles. The van der Waals surface area contributed by atoms with Crippen LogP contribution in [0.15, 0.2) is 18.2 Å². The largest absolute Gasteiger partial charge is 0.385 e. The fourth-order valence-corrected chi connectivity index (χ4v) is 3.14. The normalized spacial score (nSPS) is 21.3. The molecule has 1 aromatic carbocycles. The highest BCUT2D eigenvalue weighted by atomic mass is 16.1. The lowest BCUT2D eigenvalue weighted by Gasteiger charge is -2.13. The predicted octanol–water partition coefficient (Wildman–Crippen LogP) is 3.98. The standard InChI is InChI=1S/C18H28N2O/c1-4-9-19-16-7-8-17(14(3)11-16)18(21)20-12-15-6-5-13(2)10-15/h7-8,11,13,15,19H,4-6,9-10,12H2,1-3H3,(H,20,21). The summed E-state index contributed by atoms with van der Waals surface area (Å²) in [6, 6.07) is 5.98. The molecule has 3 heteroatoms. The third kappa shape index (κ3) is 4.48. The van der Waals surface area contributed by atoms with Gasteiger partial charge in [0.2, 0.25) is 0 Å². The molecular weight excluding hydrogens is 260 g/mol. The molecule has 2 atom stereocenters. The van der Waals surface area contributed by atoms with Gasteiger partial charge in [-0.2, -0.15) is 0 Å². The molecule has 116 valence electrons. The van der Waals surface area contributed by atoms with Gasteiger partial charge in [-0.15, -0.1) is 0 Å². The van der Waals surface area contributed by atoms with E-state index in [0.717, 1.165) is 42.2 Å². The quantitative estimate of drug-likeness (QED) is 0.831. The Labute approximate surface area is 128 Å². The van der Waals surface area contributed by atoms with Gasteiger partial charge in [0.1, 0.15) is 0 Å². The Kier molecular flexibility index (Phi) is 5.66. The minimum absolute atomic E-state index is 0.0640. The van der Waals surface area contributed by atoms with Crippen LogP contribution in [0.25, 0.3) is 0 Å². The second kappa shape index (κ2) is 7.48. The highest BCUT2D eigenvalue weighted by molar-refractivity contribution is 5.96. The minimum atomic E-state index is 0.0640. The van der Waals surface area contributed by atoms with E-state index < -0.39 is 0 Å². The number of carbonyl (C=O) groups is 1. The minimum Gasteiger partial charge on any atom is -0.385 e. The van der Waals surface area contributed by atoms with E-state index in [4.69, 9.17) is 0 Å². The molecule has 2 N–H and O–H groups in total. The van der Waals surface area contributed by atoms with Crippen LogP contribution in [0.4, 0.5) is 5.69 Å². The molecule has 1 amide bonds. The van der Waals surface area contributed by atoms with Gasteiger partial charge in [-0.1, -0.05) is 20.3 Å². The number of benzene rings is 1. The average Bonchev–Trinajstić information content (AvgIpc) is 2.88. The van der Waals surface area contributed by atoms with Crippen molar-refractivity contribution in [1.29, 1.82) is 0 Å². The van der Waals surface area contributed by atoms with Gasteiger partial charge < -0.3 is 10.6 Å². The van der Waals surface area contributed by atoms with Gasteiger partial charge in [0.25, 0.3) is 5.91 Å². The molecule has 0 aromatic heterocycles. The molecule has 2 rings (SSSR count). The topological polar surface area (TPSA) is 41.1 Å². The van der Waals surface area contributed by atoms with E-state index >= 15 is 0 Å². The summed E-state index contributed by atoms with van der Waals surface area (Å²) in [6.07, 6.45) is 4.90. The van der Waals surface area contributed by atoms with Crippen molar-refractivity contribution in [3.05, 3.63) is 29.3 Å². The Bertz CT molecular complexity index is 484. The Balaban J connectivity index is 1.89. The molecule has 1 fully saturated rings. The smallest absolute Gasteiger partial charge is 0.251 e. The Morgan fingerprint density at radius 2 is 2.14 bits per heavy atom. The number of amides is 1. The Hall–Kier alpha value is -1.51. The van der Waals surface area contributed by atoms with Gasteiger partial charge >= 0.3 is 0 Å². The van der Waals surface area contributed by atoms with E-state index in [1.54, 1.807) is 0 Å². The zero-order valence-corrected chi connectivity index (χ0v) is 13.5. The van der Waals surface area contributed by atoms with Crippen molar-refractivity contribution in [2.45, 2.75) is 46.5 Å². The maximum absolute atomic E-state index is 12.3. The SMILES string of the molecule is CCCNc1ccc(C(=O)NCC2CCC(C)C2)c(C)c1. The first-order valence-corrected chi connectivity index (χ1v) is 8.22. The molecule has 0 radical (unpaired) electrons. The van der Waals surface area contributed by atoms with Crippen LogP contribution < -0.4 is 10.6 Å². The monoisotopic (exact) mass is 288 g/mol. The summed E-state index contributed by atoms with van der Waals surface area (Å²) in [5, 5.41) is 6.46. The van der Waals surface area contributed by atoms with Crippen LogP contribution in [-0.2, 0) is 0 Å². The second-order valence-corrected chi connectivity index (χ2v) is 6.45. The van der Waals surface area contributed by atoms with E-state index in [-0.39, 0.29) is 5.91 Å². The summed E-state index contributed by atoms with van der Waals surface area (Å²) in [4.78, 5) is 12.3. The molecule has 1 saturated carbocycles. The molecule has 1 aliphatic rings. The second-order valence-electron chi connectivity index (χ2n) is 6.45. The zero-order chi connectivity index (χ0) is 15.2. The maximum Gasteiger partial charge on any atom is 0.251 e. The number of hydrogen-bond donors (Lipinski definition) is 2.